The SMILES string of the molecule is COc1ccc(CCN(C)C)cc1Cl. The molecule has 0 aliphatic carbocycles. The van der Waals surface area contributed by atoms with Gasteiger partial charge in [0.15, 0.2) is 0 Å². The molecule has 0 aliphatic rings. The predicted molar refractivity (Wildman–Crippen MR) is 60.3 cm³/mol. The van der Waals surface area contributed by atoms with Gasteiger partial charge in [-0.05, 0) is 38.2 Å². The topological polar surface area (TPSA) is 12.5 Å². The number of hydrogen-bond acceptors (Lipinski definition) is 2. The Morgan fingerprint density at radius 2 is 2.07 bits per heavy atom. The molecule has 2 nitrogen and oxygen atoms in total. The van der Waals surface area contributed by atoms with E-state index in [1.54, 1.807) is 7.11 Å². The Hall–Kier alpha value is -0.730. The summed E-state index contributed by atoms with van der Waals surface area (Å²) in [5.41, 5.74) is 1.24. The summed E-state index contributed by atoms with van der Waals surface area (Å²) in [4.78, 5) is 2.15. The average Bonchev–Trinajstić information content (AvgIpc) is 2.15. The second-order valence-corrected chi connectivity index (χ2v) is 3.93. The Bertz CT molecular complexity index is 299. The van der Waals surface area contributed by atoms with Crippen molar-refractivity contribution < 1.29 is 4.74 Å². The Balaban J connectivity index is 2.66. The molecule has 0 saturated heterocycles. The van der Waals surface area contributed by atoms with Crippen molar-refractivity contribution in [3.05, 3.63) is 28.8 Å². The molecular weight excluding hydrogens is 198 g/mol. The van der Waals surface area contributed by atoms with E-state index in [1.165, 1.54) is 5.56 Å². The van der Waals surface area contributed by atoms with Gasteiger partial charge in [-0.3, -0.25) is 0 Å². The molecule has 0 N–H and O–H groups in total. The van der Waals surface area contributed by atoms with Gasteiger partial charge < -0.3 is 9.64 Å². The predicted octanol–water partition coefficient (Wildman–Crippen LogP) is 2.45. The molecule has 0 spiro atoms. The number of ether oxygens (including phenoxy) is 1. The standard InChI is InChI=1S/C11H16ClNO/c1-13(2)7-6-9-4-5-11(14-3)10(12)8-9/h4-5,8H,6-7H2,1-3H3. The number of rotatable bonds is 4. The number of benzene rings is 1. The normalized spacial score (nSPS) is 10.6. The fourth-order valence-electron chi connectivity index (χ4n) is 1.22. The van der Waals surface area contributed by atoms with Crippen molar-refractivity contribution in [2.75, 3.05) is 27.7 Å². The molecule has 0 aliphatic heterocycles. The highest BCUT2D eigenvalue weighted by molar-refractivity contribution is 6.32. The fourth-order valence-corrected chi connectivity index (χ4v) is 1.50. The van der Waals surface area contributed by atoms with Gasteiger partial charge in [-0.25, -0.2) is 0 Å². The summed E-state index contributed by atoms with van der Waals surface area (Å²) >= 11 is 6.01. The first-order chi connectivity index (χ1) is 6.63. The Morgan fingerprint density at radius 1 is 1.36 bits per heavy atom. The largest absolute Gasteiger partial charge is 0.495 e. The van der Waals surface area contributed by atoms with Crippen LogP contribution in [0.25, 0.3) is 0 Å². The van der Waals surface area contributed by atoms with Crippen molar-refractivity contribution in [3.8, 4) is 5.75 Å². The van der Waals surface area contributed by atoms with Gasteiger partial charge in [0.1, 0.15) is 5.75 Å². The van der Waals surface area contributed by atoms with Crippen LogP contribution in [0.15, 0.2) is 18.2 Å². The van der Waals surface area contributed by atoms with Gasteiger partial charge in [-0.15, -0.1) is 0 Å². The zero-order chi connectivity index (χ0) is 10.6. The molecule has 0 fully saturated rings. The molecule has 1 aromatic rings. The van der Waals surface area contributed by atoms with Gasteiger partial charge in [-0.1, -0.05) is 17.7 Å². The van der Waals surface area contributed by atoms with Gasteiger partial charge in [-0.2, -0.15) is 0 Å². The van der Waals surface area contributed by atoms with Gasteiger partial charge in [0, 0.05) is 6.54 Å². The molecular formula is C11H16ClNO. The van der Waals surface area contributed by atoms with Crippen LogP contribution in [0.1, 0.15) is 5.56 Å². The molecule has 1 rings (SSSR count). The Kier molecular flexibility index (Phi) is 4.23. The van der Waals surface area contributed by atoms with Gasteiger partial charge >= 0.3 is 0 Å². The minimum absolute atomic E-state index is 0.684. The highest BCUT2D eigenvalue weighted by atomic mass is 35.5. The lowest BCUT2D eigenvalue weighted by Gasteiger charge is -2.10. The van der Waals surface area contributed by atoms with Gasteiger partial charge in [0.25, 0.3) is 0 Å². The summed E-state index contributed by atoms with van der Waals surface area (Å²) < 4.78 is 5.08. The zero-order valence-electron chi connectivity index (χ0n) is 8.88. The van der Waals surface area contributed by atoms with E-state index in [4.69, 9.17) is 16.3 Å². The van der Waals surface area contributed by atoms with E-state index in [-0.39, 0.29) is 0 Å². The van der Waals surface area contributed by atoms with Gasteiger partial charge in [0.05, 0.1) is 12.1 Å². The highest BCUT2D eigenvalue weighted by Gasteiger charge is 2.01. The Labute approximate surface area is 90.4 Å². The van der Waals surface area contributed by atoms with Crippen molar-refractivity contribution in [1.29, 1.82) is 0 Å². The van der Waals surface area contributed by atoms with Crippen molar-refractivity contribution in [2.24, 2.45) is 0 Å². The summed E-state index contributed by atoms with van der Waals surface area (Å²) in [6.45, 7) is 1.03. The summed E-state index contributed by atoms with van der Waals surface area (Å²) in [5.74, 6) is 0.736. The summed E-state index contributed by atoms with van der Waals surface area (Å²) in [6.07, 6.45) is 1.01. The zero-order valence-corrected chi connectivity index (χ0v) is 9.64. The summed E-state index contributed by atoms with van der Waals surface area (Å²) in [5, 5.41) is 0.684. The first kappa shape index (κ1) is 11.3. The third kappa shape index (κ3) is 3.20. The molecule has 0 amide bonds. The monoisotopic (exact) mass is 213 g/mol. The van der Waals surface area contributed by atoms with E-state index >= 15 is 0 Å². The molecule has 0 aromatic heterocycles. The van der Waals surface area contributed by atoms with Crippen molar-refractivity contribution in [3.63, 3.8) is 0 Å². The van der Waals surface area contributed by atoms with E-state index in [9.17, 15) is 0 Å². The van der Waals surface area contributed by atoms with E-state index in [0.717, 1.165) is 18.7 Å². The van der Waals surface area contributed by atoms with E-state index in [2.05, 4.69) is 19.0 Å². The van der Waals surface area contributed by atoms with Crippen LogP contribution in [-0.2, 0) is 6.42 Å². The van der Waals surface area contributed by atoms with Crippen LogP contribution in [-0.4, -0.2) is 32.6 Å². The minimum Gasteiger partial charge on any atom is -0.495 e. The maximum atomic E-state index is 6.01. The third-order valence-corrected chi connectivity index (χ3v) is 2.36. The third-order valence-electron chi connectivity index (χ3n) is 2.06. The molecule has 0 atom stereocenters. The lowest BCUT2D eigenvalue weighted by molar-refractivity contribution is 0.410. The van der Waals surface area contributed by atoms with E-state index in [1.807, 2.05) is 18.2 Å². The second-order valence-electron chi connectivity index (χ2n) is 3.52. The molecule has 1 aromatic carbocycles. The fraction of sp³-hybridized carbons (Fsp3) is 0.455. The number of hydrogen-bond donors (Lipinski definition) is 0. The number of halogens is 1. The van der Waals surface area contributed by atoms with Crippen LogP contribution in [0.2, 0.25) is 5.02 Å². The number of likely N-dealkylation sites (N-methyl/N-ethyl adjacent to an activating group) is 1. The first-order valence-electron chi connectivity index (χ1n) is 4.60. The van der Waals surface area contributed by atoms with E-state index in [0.29, 0.717) is 5.02 Å². The molecule has 14 heavy (non-hydrogen) atoms. The average molecular weight is 214 g/mol. The van der Waals surface area contributed by atoms with Crippen molar-refractivity contribution in [2.45, 2.75) is 6.42 Å². The minimum atomic E-state index is 0.684. The maximum absolute atomic E-state index is 6.01. The van der Waals surface area contributed by atoms with Crippen LogP contribution >= 0.6 is 11.6 Å². The number of methoxy groups -OCH3 is 1. The van der Waals surface area contributed by atoms with E-state index < -0.39 is 0 Å². The second kappa shape index (κ2) is 5.23. The summed E-state index contributed by atoms with van der Waals surface area (Å²) in [7, 11) is 5.75. The van der Waals surface area contributed by atoms with Crippen LogP contribution in [0.3, 0.4) is 0 Å². The maximum Gasteiger partial charge on any atom is 0.137 e. The molecule has 0 unspecified atom stereocenters. The molecule has 0 saturated carbocycles. The molecule has 0 bridgehead atoms. The van der Waals surface area contributed by atoms with Gasteiger partial charge in [0.2, 0.25) is 0 Å². The van der Waals surface area contributed by atoms with Crippen molar-refractivity contribution >= 4 is 11.6 Å². The quantitative estimate of drug-likeness (QED) is 0.762. The van der Waals surface area contributed by atoms with Crippen molar-refractivity contribution in [1.82, 2.24) is 4.90 Å². The van der Waals surface area contributed by atoms with Crippen LogP contribution in [0.5, 0.6) is 5.75 Å². The first-order valence-corrected chi connectivity index (χ1v) is 4.98. The molecule has 0 heterocycles. The molecule has 3 heteroatoms. The molecule has 0 radical (unpaired) electrons. The Morgan fingerprint density at radius 3 is 2.57 bits per heavy atom. The van der Waals surface area contributed by atoms with Crippen LogP contribution < -0.4 is 4.74 Å². The highest BCUT2D eigenvalue weighted by Crippen LogP contribution is 2.24. The smallest absolute Gasteiger partial charge is 0.137 e. The van der Waals surface area contributed by atoms with Crippen LogP contribution in [0.4, 0.5) is 0 Å². The molecule has 78 valence electrons. The van der Waals surface area contributed by atoms with Crippen LogP contribution in [0, 0.1) is 0 Å². The lowest BCUT2D eigenvalue weighted by atomic mass is 10.1. The lowest BCUT2D eigenvalue weighted by Crippen LogP contribution is -2.14. The summed E-state index contributed by atoms with van der Waals surface area (Å²) in [6, 6.07) is 5.92. The number of nitrogens with zero attached hydrogens (tertiary/aromatic N) is 1.